The first-order chi connectivity index (χ1) is 6.88. The Kier molecular flexibility index (Phi) is 5.27. The molecular weight excluding hydrogens is 174 g/mol. The minimum Gasteiger partial charge on any atom is -0.395 e. The van der Waals surface area contributed by atoms with Crippen molar-refractivity contribution in [3.8, 4) is 0 Å². The van der Waals surface area contributed by atoms with E-state index in [4.69, 9.17) is 5.11 Å². The van der Waals surface area contributed by atoms with Crippen LogP contribution in [0.15, 0.2) is 30.3 Å². The first-order valence-electron chi connectivity index (χ1n) is 5.27. The van der Waals surface area contributed by atoms with Gasteiger partial charge in [0.1, 0.15) is 0 Å². The Balaban J connectivity index is 2.58. The molecule has 1 aromatic carbocycles. The molecule has 0 fully saturated rings. The Bertz CT molecular complexity index is 235. The fourth-order valence-electron chi connectivity index (χ4n) is 1.60. The Hall–Kier alpha value is -0.860. The summed E-state index contributed by atoms with van der Waals surface area (Å²) in [5.41, 5.74) is 1.31. The maximum atomic E-state index is 8.77. The standard InChI is InChI=1S/C12H19NO/c1-2-6-12(13-9-10-14)11-7-4-3-5-8-11/h3-5,7-8,12-14H,2,6,9-10H2,1H3/t12-/m0/s1. The van der Waals surface area contributed by atoms with Crippen LogP contribution in [0.3, 0.4) is 0 Å². The molecule has 0 aromatic heterocycles. The number of benzene rings is 1. The monoisotopic (exact) mass is 193 g/mol. The number of aliphatic hydroxyl groups excluding tert-OH is 1. The van der Waals surface area contributed by atoms with E-state index in [0.29, 0.717) is 12.6 Å². The molecule has 0 saturated heterocycles. The highest BCUT2D eigenvalue weighted by molar-refractivity contribution is 5.18. The SMILES string of the molecule is CCC[C@H](NCCO)c1ccccc1. The van der Waals surface area contributed by atoms with Crippen molar-refractivity contribution in [3.05, 3.63) is 35.9 Å². The molecule has 0 radical (unpaired) electrons. The van der Waals surface area contributed by atoms with Crippen LogP contribution in [0.25, 0.3) is 0 Å². The fourth-order valence-corrected chi connectivity index (χ4v) is 1.60. The van der Waals surface area contributed by atoms with Crippen LogP contribution in [0.2, 0.25) is 0 Å². The van der Waals surface area contributed by atoms with E-state index in [0.717, 1.165) is 12.8 Å². The van der Waals surface area contributed by atoms with Crippen LogP contribution in [0.1, 0.15) is 31.4 Å². The largest absolute Gasteiger partial charge is 0.395 e. The summed E-state index contributed by atoms with van der Waals surface area (Å²) in [5.74, 6) is 0. The summed E-state index contributed by atoms with van der Waals surface area (Å²) in [7, 11) is 0. The smallest absolute Gasteiger partial charge is 0.0556 e. The molecule has 14 heavy (non-hydrogen) atoms. The van der Waals surface area contributed by atoms with Gasteiger partial charge in [-0.25, -0.2) is 0 Å². The van der Waals surface area contributed by atoms with E-state index < -0.39 is 0 Å². The molecule has 0 saturated carbocycles. The molecule has 2 nitrogen and oxygen atoms in total. The Labute approximate surface area is 86.0 Å². The maximum Gasteiger partial charge on any atom is 0.0556 e. The summed E-state index contributed by atoms with van der Waals surface area (Å²) >= 11 is 0. The van der Waals surface area contributed by atoms with Crippen LogP contribution in [0, 0.1) is 0 Å². The lowest BCUT2D eigenvalue weighted by Crippen LogP contribution is -2.24. The minimum absolute atomic E-state index is 0.201. The summed E-state index contributed by atoms with van der Waals surface area (Å²) in [6.45, 7) is 3.04. The van der Waals surface area contributed by atoms with Gasteiger partial charge in [-0.1, -0.05) is 43.7 Å². The van der Waals surface area contributed by atoms with E-state index in [1.165, 1.54) is 5.56 Å². The van der Waals surface area contributed by atoms with Crippen molar-refractivity contribution in [2.45, 2.75) is 25.8 Å². The van der Waals surface area contributed by atoms with E-state index in [9.17, 15) is 0 Å². The zero-order valence-corrected chi connectivity index (χ0v) is 8.74. The topological polar surface area (TPSA) is 32.3 Å². The molecule has 0 aliphatic carbocycles. The van der Waals surface area contributed by atoms with Gasteiger partial charge in [0.05, 0.1) is 6.61 Å². The molecule has 2 N–H and O–H groups in total. The van der Waals surface area contributed by atoms with Crippen molar-refractivity contribution in [2.24, 2.45) is 0 Å². The van der Waals surface area contributed by atoms with E-state index in [1.807, 2.05) is 6.07 Å². The zero-order chi connectivity index (χ0) is 10.2. The van der Waals surface area contributed by atoms with Gasteiger partial charge in [0, 0.05) is 12.6 Å². The number of hydrogen-bond acceptors (Lipinski definition) is 2. The maximum absolute atomic E-state index is 8.77. The Morgan fingerprint density at radius 1 is 1.29 bits per heavy atom. The van der Waals surface area contributed by atoms with Crippen molar-refractivity contribution in [2.75, 3.05) is 13.2 Å². The van der Waals surface area contributed by atoms with Gasteiger partial charge >= 0.3 is 0 Å². The highest BCUT2D eigenvalue weighted by Crippen LogP contribution is 2.17. The molecule has 0 amide bonds. The second kappa shape index (κ2) is 6.57. The molecular formula is C12H19NO. The van der Waals surface area contributed by atoms with Gasteiger partial charge in [0.15, 0.2) is 0 Å². The van der Waals surface area contributed by atoms with Gasteiger partial charge in [-0.2, -0.15) is 0 Å². The molecule has 2 heteroatoms. The Morgan fingerprint density at radius 3 is 2.57 bits per heavy atom. The van der Waals surface area contributed by atoms with Crippen LogP contribution in [0.4, 0.5) is 0 Å². The quantitative estimate of drug-likeness (QED) is 0.725. The molecule has 1 atom stereocenters. The summed E-state index contributed by atoms with van der Waals surface area (Å²) in [5, 5.41) is 12.1. The molecule has 0 heterocycles. The molecule has 0 spiro atoms. The fraction of sp³-hybridized carbons (Fsp3) is 0.500. The van der Waals surface area contributed by atoms with E-state index in [1.54, 1.807) is 0 Å². The third-order valence-corrected chi connectivity index (χ3v) is 2.28. The molecule has 0 aliphatic heterocycles. The predicted molar refractivity (Wildman–Crippen MR) is 59.2 cm³/mol. The third-order valence-electron chi connectivity index (χ3n) is 2.28. The highest BCUT2D eigenvalue weighted by Gasteiger charge is 2.07. The predicted octanol–water partition coefficient (Wildman–Crippen LogP) is 2.11. The van der Waals surface area contributed by atoms with Crippen LogP contribution >= 0.6 is 0 Å². The highest BCUT2D eigenvalue weighted by atomic mass is 16.3. The summed E-state index contributed by atoms with van der Waals surface area (Å²) < 4.78 is 0. The lowest BCUT2D eigenvalue weighted by molar-refractivity contribution is 0.282. The minimum atomic E-state index is 0.201. The van der Waals surface area contributed by atoms with Gasteiger partial charge in [-0.3, -0.25) is 0 Å². The van der Waals surface area contributed by atoms with E-state index >= 15 is 0 Å². The third kappa shape index (κ3) is 3.48. The van der Waals surface area contributed by atoms with Crippen molar-refractivity contribution < 1.29 is 5.11 Å². The number of rotatable bonds is 6. The average molecular weight is 193 g/mol. The normalized spacial score (nSPS) is 12.7. The summed E-state index contributed by atoms with van der Waals surface area (Å²) in [4.78, 5) is 0. The van der Waals surface area contributed by atoms with Gasteiger partial charge in [0.25, 0.3) is 0 Å². The van der Waals surface area contributed by atoms with Crippen LogP contribution in [0.5, 0.6) is 0 Å². The van der Waals surface area contributed by atoms with Crippen molar-refractivity contribution in [1.82, 2.24) is 5.32 Å². The summed E-state index contributed by atoms with van der Waals surface area (Å²) in [6.07, 6.45) is 2.27. The first-order valence-corrected chi connectivity index (χ1v) is 5.27. The lowest BCUT2D eigenvalue weighted by Gasteiger charge is -2.17. The van der Waals surface area contributed by atoms with Crippen molar-refractivity contribution >= 4 is 0 Å². The second-order valence-corrected chi connectivity index (χ2v) is 3.43. The van der Waals surface area contributed by atoms with E-state index in [-0.39, 0.29) is 6.61 Å². The molecule has 1 rings (SSSR count). The van der Waals surface area contributed by atoms with Gasteiger partial charge in [-0.05, 0) is 12.0 Å². The number of hydrogen-bond donors (Lipinski definition) is 2. The molecule has 0 aliphatic rings. The zero-order valence-electron chi connectivity index (χ0n) is 8.74. The van der Waals surface area contributed by atoms with Crippen molar-refractivity contribution in [3.63, 3.8) is 0 Å². The number of aliphatic hydroxyl groups is 1. The first kappa shape index (κ1) is 11.2. The van der Waals surface area contributed by atoms with Crippen molar-refractivity contribution in [1.29, 1.82) is 0 Å². The lowest BCUT2D eigenvalue weighted by atomic mass is 10.0. The molecule has 78 valence electrons. The van der Waals surface area contributed by atoms with Gasteiger partial charge < -0.3 is 10.4 Å². The van der Waals surface area contributed by atoms with E-state index in [2.05, 4.69) is 36.5 Å². The second-order valence-electron chi connectivity index (χ2n) is 3.43. The number of nitrogens with one attached hydrogen (secondary N) is 1. The summed E-state index contributed by atoms with van der Waals surface area (Å²) in [6, 6.07) is 10.8. The van der Waals surface area contributed by atoms with Crippen LogP contribution < -0.4 is 5.32 Å². The Morgan fingerprint density at radius 2 is 2.00 bits per heavy atom. The average Bonchev–Trinajstić information content (AvgIpc) is 2.25. The molecule has 0 bridgehead atoms. The van der Waals surface area contributed by atoms with Gasteiger partial charge in [-0.15, -0.1) is 0 Å². The van der Waals surface area contributed by atoms with Gasteiger partial charge in [0.2, 0.25) is 0 Å². The van der Waals surface area contributed by atoms with Crippen LogP contribution in [-0.2, 0) is 0 Å². The molecule has 0 unspecified atom stereocenters. The molecule has 1 aromatic rings. The van der Waals surface area contributed by atoms with Crippen LogP contribution in [-0.4, -0.2) is 18.3 Å².